The number of hydrogen-bond donors (Lipinski definition) is 1. The molecule has 1 aliphatic rings. The van der Waals surface area contributed by atoms with Crippen molar-refractivity contribution in [2.24, 2.45) is 0 Å². The number of carbonyl (C=O) groups is 1. The van der Waals surface area contributed by atoms with Crippen molar-refractivity contribution < 1.29 is 13.9 Å². The van der Waals surface area contributed by atoms with E-state index in [0.717, 1.165) is 37.8 Å². The molecule has 0 radical (unpaired) electrons. The number of rotatable bonds is 9. The summed E-state index contributed by atoms with van der Waals surface area (Å²) in [5.41, 5.74) is 0.600. The third-order valence-corrected chi connectivity index (χ3v) is 6.99. The topological polar surface area (TPSA) is 41.6 Å². The highest BCUT2D eigenvalue weighted by atomic mass is 35.5. The number of methoxy groups -OCH3 is 1. The largest absolute Gasteiger partial charge is 0.383 e. The summed E-state index contributed by atoms with van der Waals surface area (Å²) in [5.74, 6) is -1.10. The van der Waals surface area contributed by atoms with E-state index in [4.69, 9.17) is 16.3 Å². The molecule has 3 atom stereocenters. The van der Waals surface area contributed by atoms with Crippen molar-refractivity contribution >= 4 is 17.5 Å². The van der Waals surface area contributed by atoms with E-state index >= 15 is 0 Å². The second-order valence-corrected chi connectivity index (χ2v) is 8.57. The smallest absolute Gasteiger partial charge is 0.256 e. The minimum absolute atomic E-state index is 0.107. The zero-order chi connectivity index (χ0) is 22.4. The van der Waals surface area contributed by atoms with Crippen LogP contribution in [0.1, 0.15) is 61.5 Å². The van der Waals surface area contributed by atoms with Crippen LogP contribution in [0.4, 0.5) is 4.39 Å². The van der Waals surface area contributed by atoms with E-state index in [0.29, 0.717) is 12.6 Å². The number of hydrogen-bond acceptors (Lipinski definition) is 3. The molecule has 31 heavy (non-hydrogen) atoms. The van der Waals surface area contributed by atoms with Crippen LogP contribution < -0.4 is 5.32 Å². The number of halogens is 2. The first-order valence-electron chi connectivity index (χ1n) is 11.0. The highest BCUT2D eigenvalue weighted by Crippen LogP contribution is 2.46. The summed E-state index contributed by atoms with van der Waals surface area (Å²) in [6.45, 7) is 5.76. The van der Waals surface area contributed by atoms with Crippen molar-refractivity contribution in [1.82, 2.24) is 10.2 Å². The van der Waals surface area contributed by atoms with Crippen LogP contribution in [0.5, 0.6) is 0 Å². The first-order valence-corrected chi connectivity index (χ1v) is 11.4. The molecule has 0 spiro atoms. The molecular formula is C25H32ClFN2O2. The molecule has 1 heterocycles. The molecule has 0 aliphatic carbocycles. The van der Waals surface area contributed by atoms with E-state index in [-0.39, 0.29) is 22.2 Å². The maximum atomic E-state index is 14.5. The normalized spacial score (nSPS) is 22.4. The van der Waals surface area contributed by atoms with Gasteiger partial charge in [-0.1, -0.05) is 61.8 Å². The fourth-order valence-electron chi connectivity index (χ4n) is 5.08. The van der Waals surface area contributed by atoms with Crippen LogP contribution in [0.25, 0.3) is 0 Å². The molecular weight excluding hydrogens is 415 g/mol. The molecule has 6 heteroatoms. The van der Waals surface area contributed by atoms with E-state index in [9.17, 15) is 9.18 Å². The van der Waals surface area contributed by atoms with Gasteiger partial charge in [-0.2, -0.15) is 0 Å². The molecule has 1 amide bonds. The fourth-order valence-corrected chi connectivity index (χ4v) is 5.33. The number of carbonyl (C=O) groups excluding carboxylic acids is 1. The number of nitrogens with one attached hydrogen (secondary N) is 1. The SMILES string of the molecule is CCC1CCC(CC)([C@H](NC(=O)c2c(F)cccc2Cl)c2ccccc2)N1CCOC. The number of nitrogens with zero attached hydrogens (tertiary/aromatic N) is 1. The minimum Gasteiger partial charge on any atom is -0.383 e. The first kappa shape index (κ1) is 23.7. The van der Waals surface area contributed by atoms with Crippen LogP contribution in [-0.2, 0) is 4.74 Å². The molecule has 1 saturated heterocycles. The van der Waals surface area contributed by atoms with Crippen molar-refractivity contribution in [3.8, 4) is 0 Å². The van der Waals surface area contributed by atoms with E-state index in [2.05, 4.69) is 24.1 Å². The van der Waals surface area contributed by atoms with Gasteiger partial charge in [0.05, 0.1) is 23.2 Å². The average Bonchev–Trinajstić information content (AvgIpc) is 3.14. The van der Waals surface area contributed by atoms with E-state index in [1.165, 1.54) is 12.1 Å². The third-order valence-electron chi connectivity index (χ3n) is 6.68. The van der Waals surface area contributed by atoms with Gasteiger partial charge in [0.15, 0.2) is 0 Å². The van der Waals surface area contributed by atoms with Crippen molar-refractivity contribution in [1.29, 1.82) is 0 Å². The summed E-state index contributed by atoms with van der Waals surface area (Å²) in [7, 11) is 1.71. The molecule has 0 saturated carbocycles. The van der Waals surface area contributed by atoms with E-state index in [1.807, 2.05) is 30.3 Å². The van der Waals surface area contributed by atoms with Crippen LogP contribution in [0.3, 0.4) is 0 Å². The summed E-state index contributed by atoms with van der Waals surface area (Å²) in [6, 6.07) is 14.4. The second kappa shape index (κ2) is 10.6. The standard InChI is InChI=1S/C25H32ClFN2O2/c1-4-19-14-15-25(5-2,29(19)16-17-31-3)23(18-10-7-6-8-11-18)28-24(30)22-20(26)12-9-13-21(22)27/h6-13,19,23H,4-5,14-17H2,1-3H3,(H,28,30)/t19?,23-,25?/m1/s1. The molecule has 2 aromatic carbocycles. The Balaban J connectivity index is 2.05. The van der Waals surface area contributed by atoms with Gasteiger partial charge in [0.25, 0.3) is 5.91 Å². The molecule has 1 fully saturated rings. The van der Waals surface area contributed by atoms with Crippen molar-refractivity contribution in [2.75, 3.05) is 20.3 Å². The number of likely N-dealkylation sites (tertiary alicyclic amines) is 1. The maximum absolute atomic E-state index is 14.5. The summed E-state index contributed by atoms with van der Waals surface area (Å²) in [6.07, 6.45) is 3.86. The lowest BCUT2D eigenvalue weighted by Gasteiger charge is -2.46. The lowest BCUT2D eigenvalue weighted by molar-refractivity contribution is 0.0301. The predicted octanol–water partition coefficient (Wildman–Crippen LogP) is 5.62. The van der Waals surface area contributed by atoms with Gasteiger partial charge in [0, 0.05) is 25.2 Å². The van der Waals surface area contributed by atoms with E-state index < -0.39 is 11.7 Å². The fraction of sp³-hybridized carbons (Fsp3) is 0.480. The molecule has 4 nitrogen and oxygen atoms in total. The minimum atomic E-state index is -0.614. The van der Waals surface area contributed by atoms with Crippen LogP contribution in [-0.4, -0.2) is 42.6 Å². The highest BCUT2D eigenvalue weighted by molar-refractivity contribution is 6.33. The Morgan fingerprint density at radius 1 is 1.26 bits per heavy atom. The van der Waals surface area contributed by atoms with Crippen LogP contribution in [0, 0.1) is 5.82 Å². The van der Waals surface area contributed by atoms with Gasteiger partial charge in [-0.25, -0.2) is 4.39 Å². The quantitative estimate of drug-likeness (QED) is 0.543. The summed E-state index contributed by atoms with van der Waals surface area (Å²) < 4.78 is 19.9. The Hall–Kier alpha value is -1.95. The lowest BCUT2D eigenvalue weighted by atomic mass is 9.80. The number of amides is 1. The van der Waals surface area contributed by atoms with Crippen molar-refractivity contribution in [3.63, 3.8) is 0 Å². The Morgan fingerprint density at radius 2 is 2.00 bits per heavy atom. The Bertz CT molecular complexity index is 859. The van der Waals surface area contributed by atoms with Crippen LogP contribution in [0.15, 0.2) is 48.5 Å². The summed E-state index contributed by atoms with van der Waals surface area (Å²) in [4.78, 5) is 15.8. The number of benzene rings is 2. The predicted molar refractivity (Wildman–Crippen MR) is 123 cm³/mol. The van der Waals surface area contributed by atoms with Gasteiger partial charge in [-0.05, 0) is 43.4 Å². The maximum Gasteiger partial charge on any atom is 0.256 e. The lowest BCUT2D eigenvalue weighted by Crippen LogP contribution is -2.56. The average molecular weight is 447 g/mol. The summed E-state index contributed by atoms with van der Waals surface area (Å²) in [5, 5.41) is 3.28. The summed E-state index contributed by atoms with van der Waals surface area (Å²) >= 11 is 6.20. The van der Waals surface area contributed by atoms with Crippen LogP contribution in [0.2, 0.25) is 5.02 Å². The van der Waals surface area contributed by atoms with E-state index in [1.54, 1.807) is 13.2 Å². The zero-order valence-electron chi connectivity index (χ0n) is 18.5. The highest BCUT2D eigenvalue weighted by Gasteiger charge is 2.50. The Morgan fingerprint density at radius 3 is 2.61 bits per heavy atom. The van der Waals surface area contributed by atoms with Gasteiger partial charge < -0.3 is 10.1 Å². The first-order chi connectivity index (χ1) is 15.0. The van der Waals surface area contributed by atoms with Gasteiger partial charge in [-0.3, -0.25) is 9.69 Å². The molecule has 1 N–H and O–H groups in total. The molecule has 0 bridgehead atoms. The molecule has 2 aromatic rings. The third kappa shape index (κ3) is 4.79. The van der Waals surface area contributed by atoms with Gasteiger partial charge in [-0.15, -0.1) is 0 Å². The zero-order valence-corrected chi connectivity index (χ0v) is 19.3. The molecule has 0 aromatic heterocycles. The molecule has 168 valence electrons. The Kier molecular flexibility index (Phi) is 8.09. The van der Waals surface area contributed by atoms with Crippen LogP contribution >= 0.6 is 11.6 Å². The van der Waals surface area contributed by atoms with Gasteiger partial charge >= 0.3 is 0 Å². The van der Waals surface area contributed by atoms with Gasteiger partial charge in [0.1, 0.15) is 5.82 Å². The molecule has 1 aliphatic heterocycles. The monoisotopic (exact) mass is 446 g/mol. The van der Waals surface area contributed by atoms with Gasteiger partial charge in [0.2, 0.25) is 0 Å². The van der Waals surface area contributed by atoms with Crippen molar-refractivity contribution in [3.05, 3.63) is 70.5 Å². The Labute approximate surface area is 189 Å². The molecule has 2 unspecified atom stereocenters. The van der Waals surface area contributed by atoms with Crippen molar-refractivity contribution in [2.45, 2.75) is 57.2 Å². The second-order valence-electron chi connectivity index (χ2n) is 8.16. The number of ether oxygens (including phenoxy) is 1. The molecule has 3 rings (SSSR count).